The van der Waals surface area contributed by atoms with Crippen molar-refractivity contribution in [2.45, 2.75) is 26.3 Å². The molecule has 4 nitrogen and oxygen atoms in total. The Bertz CT molecular complexity index is 368. The first-order valence-electron chi connectivity index (χ1n) is 5.04. The number of rotatable bonds is 4. The fourth-order valence-corrected chi connectivity index (χ4v) is 1.47. The molecule has 16 heavy (non-hydrogen) atoms. The van der Waals surface area contributed by atoms with Gasteiger partial charge in [-0.3, -0.25) is 9.59 Å². The molecule has 0 radical (unpaired) electrons. The van der Waals surface area contributed by atoms with Crippen LogP contribution in [0, 0.1) is 6.92 Å². The number of hydrogen-bond acceptors (Lipinski definition) is 2. The van der Waals surface area contributed by atoms with Crippen molar-refractivity contribution in [1.29, 1.82) is 0 Å². The molecule has 0 saturated heterocycles. The Labute approximate surface area is 94.3 Å². The molecule has 1 atom stereocenters. The average Bonchev–Trinajstić information content (AvgIpc) is 2.16. The molecule has 1 aromatic rings. The molecule has 0 fully saturated rings. The lowest BCUT2D eigenvalue weighted by Crippen LogP contribution is -2.27. The Hall–Kier alpha value is -1.84. The van der Waals surface area contributed by atoms with Gasteiger partial charge in [0.25, 0.3) is 0 Å². The van der Waals surface area contributed by atoms with Gasteiger partial charge in [0.2, 0.25) is 5.91 Å². The van der Waals surface area contributed by atoms with Gasteiger partial charge in [-0.2, -0.15) is 0 Å². The molecule has 0 aromatic heterocycles. The van der Waals surface area contributed by atoms with Crippen LogP contribution in [-0.2, 0) is 9.59 Å². The van der Waals surface area contributed by atoms with Gasteiger partial charge in [-0.1, -0.05) is 29.8 Å². The first-order chi connectivity index (χ1) is 7.49. The molecule has 0 aliphatic heterocycles. The molecule has 0 saturated carbocycles. The second-order valence-electron chi connectivity index (χ2n) is 3.76. The standard InChI is InChI=1S/C12H15NO3/c1-8-3-5-10(6-4-8)11(7-12(15)16)13-9(2)14/h3-6,11H,7H2,1-2H3,(H,13,14)(H,15,16)/t11-/m1/s1. The van der Waals surface area contributed by atoms with Crippen LogP contribution in [0.15, 0.2) is 24.3 Å². The summed E-state index contributed by atoms with van der Waals surface area (Å²) in [5, 5.41) is 11.4. The van der Waals surface area contributed by atoms with Gasteiger partial charge >= 0.3 is 5.97 Å². The Morgan fingerprint density at radius 2 is 1.88 bits per heavy atom. The van der Waals surface area contributed by atoms with Crippen molar-refractivity contribution in [3.05, 3.63) is 35.4 Å². The van der Waals surface area contributed by atoms with Crippen LogP contribution in [0.3, 0.4) is 0 Å². The summed E-state index contributed by atoms with van der Waals surface area (Å²) in [6.07, 6.45) is -0.108. The summed E-state index contributed by atoms with van der Waals surface area (Å²) in [7, 11) is 0. The van der Waals surface area contributed by atoms with Gasteiger partial charge in [0, 0.05) is 6.92 Å². The summed E-state index contributed by atoms with van der Waals surface area (Å²) in [6, 6.07) is 6.99. The summed E-state index contributed by atoms with van der Waals surface area (Å²) in [5.41, 5.74) is 1.91. The number of nitrogens with one attached hydrogen (secondary N) is 1. The molecular weight excluding hydrogens is 206 g/mol. The van der Waals surface area contributed by atoms with E-state index in [1.807, 2.05) is 31.2 Å². The van der Waals surface area contributed by atoms with Crippen LogP contribution in [-0.4, -0.2) is 17.0 Å². The predicted octanol–water partition coefficient (Wildman–Crippen LogP) is 1.65. The summed E-state index contributed by atoms with van der Waals surface area (Å²) < 4.78 is 0. The van der Waals surface area contributed by atoms with E-state index in [0.717, 1.165) is 11.1 Å². The van der Waals surface area contributed by atoms with Crippen LogP contribution in [0.4, 0.5) is 0 Å². The van der Waals surface area contributed by atoms with Crippen molar-refractivity contribution in [3.63, 3.8) is 0 Å². The predicted molar refractivity (Wildman–Crippen MR) is 60.0 cm³/mol. The quantitative estimate of drug-likeness (QED) is 0.812. The van der Waals surface area contributed by atoms with Crippen LogP contribution in [0.2, 0.25) is 0 Å². The number of aliphatic carboxylic acids is 1. The van der Waals surface area contributed by atoms with E-state index in [-0.39, 0.29) is 12.3 Å². The summed E-state index contributed by atoms with van der Waals surface area (Å²) in [5.74, 6) is -1.16. The zero-order chi connectivity index (χ0) is 12.1. The average molecular weight is 221 g/mol. The van der Waals surface area contributed by atoms with E-state index >= 15 is 0 Å². The van der Waals surface area contributed by atoms with Crippen molar-refractivity contribution in [2.24, 2.45) is 0 Å². The minimum Gasteiger partial charge on any atom is -0.481 e. The van der Waals surface area contributed by atoms with Gasteiger partial charge in [-0.05, 0) is 12.5 Å². The highest BCUT2D eigenvalue weighted by atomic mass is 16.4. The number of amides is 1. The van der Waals surface area contributed by atoms with Crippen LogP contribution in [0.1, 0.15) is 30.5 Å². The largest absolute Gasteiger partial charge is 0.481 e. The van der Waals surface area contributed by atoms with Gasteiger partial charge in [-0.25, -0.2) is 0 Å². The smallest absolute Gasteiger partial charge is 0.305 e. The molecule has 1 rings (SSSR count). The van der Waals surface area contributed by atoms with Gasteiger partial charge < -0.3 is 10.4 Å². The molecule has 0 unspecified atom stereocenters. The van der Waals surface area contributed by atoms with Crippen LogP contribution >= 0.6 is 0 Å². The second kappa shape index (κ2) is 5.30. The monoisotopic (exact) mass is 221 g/mol. The highest BCUT2D eigenvalue weighted by Crippen LogP contribution is 2.17. The lowest BCUT2D eigenvalue weighted by Gasteiger charge is -2.16. The van der Waals surface area contributed by atoms with Crippen molar-refractivity contribution < 1.29 is 14.7 Å². The first-order valence-corrected chi connectivity index (χ1v) is 5.04. The zero-order valence-electron chi connectivity index (χ0n) is 9.36. The third kappa shape index (κ3) is 3.73. The number of carboxylic acids is 1. The third-order valence-corrected chi connectivity index (χ3v) is 2.24. The second-order valence-corrected chi connectivity index (χ2v) is 3.76. The lowest BCUT2D eigenvalue weighted by molar-refractivity contribution is -0.137. The van der Waals surface area contributed by atoms with Crippen molar-refractivity contribution >= 4 is 11.9 Å². The van der Waals surface area contributed by atoms with E-state index in [1.165, 1.54) is 6.92 Å². The van der Waals surface area contributed by atoms with Crippen molar-refractivity contribution in [2.75, 3.05) is 0 Å². The summed E-state index contributed by atoms with van der Waals surface area (Å²) >= 11 is 0. The molecular formula is C12H15NO3. The molecule has 0 aliphatic carbocycles. The van der Waals surface area contributed by atoms with Gasteiger partial charge in [0.1, 0.15) is 0 Å². The number of carbonyl (C=O) groups is 2. The molecule has 1 aromatic carbocycles. The summed E-state index contributed by atoms with van der Waals surface area (Å²) in [6.45, 7) is 3.33. The fourth-order valence-electron chi connectivity index (χ4n) is 1.47. The normalized spacial score (nSPS) is 11.9. The highest BCUT2D eigenvalue weighted by Gasteiger charge is 2.15. The number of aryl methyl sites for hydroxylation is 1. The molecule has 4 heteroatoms. The van der Waals surface area contributed by atoms with Crippen molar-refractivity contribution in [3.8, 4) is 0 Å². The minimum absolute atomic E-state index is 0.108. The molecule has 0 spiro atoms. The number of benzene rings is 1. The maximum atomic E-state index is 11.0. The molecule has 0 bridgehead atoms. The first kappa shape index (κ1) is 12.2. The van der Waals surface area contributed by atoms with Crippen molar-refractivity contribution in [1.82, 2.24) is 5.32 Å². The maximum Gasteiger partial charge on any atom is 0.305 e. The van der Waals surface area contributed by atoms with E-state index < -0.39 is 12.0 Å². The van der Waals surface area contributed by atoms with Crippen LogP contribution in [0.5, 0.6) is 0 Å². The summed E-state index contributed by atoms with van der Waals surface area (Å²) in [4.78, 5) is 21.7. The zero-order valence-corrected chi connectivity index (χ0v) is 9.36. The van der Waals surface area contributed by atoms with Crippen LogP contribution in [0.25, 0.3) is 0 Å². The fraction of sp³-hybridized carbons (Fsp3) is 0.333. The van der Waals surface area contributed by atoms with E-state index in [9.17, 15) is 9.59 Å². The van der Waals surface area contributed by atoms with E-state index in [2.05, 4.69) is 5.32 Å². The van der Waals surface area contributed by atoms with E-state index in [4.69, 9.17) is 5.11 Å². The molecule has 0 heterocycles. The maximum absolute atomic E-state index is 11.0. The minimum atomic E-state index is -0.931. The topological polar surface area (TPSA) is 66.4 Å². The Morgan fingerprint density at radius 3 is 2.31 bits per heavy atom. The van der Waals surface area contributed by atoms with E-state index in [1.54, 1.807) is 0 Å². The lowest BCUT2D eigenvalue weighted by atomic mass is 10.0. The Balaban J connectivity index is 2.86. The SMILES string of the molecule is CC(=O)N[C@H](CC(=O)O)c1ccc(C)cc1. The Kier molecular flexibility index (Phi) is 4.05. The molecule has 86 valence electrons. The third-order valence-electron chi connectivity index (χ3n) is 2.24. The van der Waals surface area contributed by atoms with Gasteiger partial charge in [0.05, 0.1) is 12.5 Å². The Morgan fingerprint density at radius 1 is 1.31 bits per heavy atom. The highest BCUT2D eigenvalue weighted by molar-refractivity contribution is 5.75. The molecule has 0 aliphatic rings. The van der Waals surface area contributed by atoms with Gasteiger partial charge in [-0.15, -0.1) is 0 Å². The number of hydrogen-bond donors (Lipinski definition) is 2. The van der Waals surface area contributed by atoms with Gasteiger partial charge in [0.15, 0.2) is 0 Å². The van der Waals surface area contributed by atoms with E-state index in [0.29, 0.717) is 0 Å². The number of carboxylic acid groups (broad SMARTS) is 1. The molecule has 1 amide bonds. The van der Waals surface area contributed by atoms with Crippen LogP contribution < -0.4 is 5.32 Å². The number of carbonyl (C=O) groups excluding carboxylic acids is 1. The molecule has 2 N–H and O–H groups in total.